The number of rotatable bonds is 1. The maximum Gasteiger partial charge on any atom is 0.163 e. The lowest BCUT2D eigenvalue weighted by atomic mass is 9.91. The van der Waals surface area contributed by atoms with E-state index in [4.69, 9.17) is 17.3 Å². The van der Waals surface area contributed by atoms with Gasteiger partial charge in [-0.1, -0.05) is 48.3 Å². The van der Waals surface area contributed by atoms with Crippen molar-refractivity contribution in [3.63, 3.8) is 0 Å². The standard InChI is InChI=1S/C14H14Br2ClN3/c1-14(2,3)11-10(16)12(18)20-13(19-11)8-6-7(15)4-5-9(8)17/h4-6H,1-3H3,(H2,18,19,20). The van der Waals surface area contributed by atoms with Crippen molar-refractivity contribution in [1.82, 2.24) is 9.97 Å². The summed E-state index contributed by atoms with van der Waals surface area (Å²) in [5.74, 6) is 0.942. The van der Waals surface area contributed by atoms with Crippen LogP contribution in [-0.2, 0) is 5.41 Å². The molecular formula is C14H14Br2ClN3. The molecule has 0 aliphatic heterocycles. The third kappa shape index (κ3) is 3.15. The van der Waals surface area contributed by atoms with E-state index in [-0.39, 0.29) is 5.41 Å². The summed E-state index contributed by atoms with van der Waals surface area (Å²) in [6, 6.07) is 5.56. The minimum absolute atomic E-state index is 0.150. The summed E-state index contributed by atoms with van der Waals surface area (Å²) in [5, 5.41) is 0.592. The first-order valence-electron chi connectivity index (χ1n) is 5.99. The van der Waals surface area contributed by atoms with Crippen LogP contribution < -0.4 is 5.73 Å². The minimum atomic E-state index is -0.150. The minimum Gasteiger partial charge on any atom is -0.383 e. The van der Waals surface area contributed by atoms with Crippen molar-refractivity contribution < 1.29 is 0 Å². The summed E-state index contributed by atoms with van der Waals surface area (Å²) in [4.78, 5) is 8.97. The molecule has 0 unspecified atom stereocenters. The van der Waals surface area contributed by atoms with Gasteiger partial charge in [0.2, 0.25) is 0 Å². The lowest BCUT2D eigenvalue weighted by molar-refractivity contribution is 0.565. The molecular weight excluding hydrogens is 405 g/mol. The highest BCUT2D eigenvalue weighted by Gasteiger charge is 2.23. The molecule has 106 valence electrons. The van der Waals surface area contributed by atoms with Crippen molar-refractivity contribution in [2.75, 3.05) is 5.73 Å². The topological polar surface area (TPSA) is 51.8 Å². The molecule has 0 aliphatic rings. The van der Waals surface area contributed by atoms with Crippen LogP contribution in [0.15, 0.2) is 27.1 Å². The number of hydrogen-bond donors (Lipinski definition) is 1. The molecule has 0 bridgehead atoms. The molecule has 2 N–H and O–H groups in total. The molecule has 20 heavy (non-hydrogen) atoms. The summed E-state index contributed by atoms with van der Waals surface area (Å²) < 4.78 is 1.65. The Bertz CT molecular complexity index is 666. The number of nitrogen functional groups attached to an aromatic ring is 1. The number of anilines is 1. The Morgan fingerprint density at radius 2 is 1.80 bits per heavy atom. The second-order valence-electron chi connectivity index (χ2n) is 5.47. The molecule has 1 aromatic heterocycles. The van der Waals surface area contributed by atoms with E-state index in [1.54, 1.807) is 6.07 Å². The zero-order valence-corrected chi connectivity index (χ0v) is 15.3. The molecule has 2 rings (SSSR count). The maximum absolute atomic E-state index is 6.24. The zero-order valence-electron chi connectivity index (χ0n) is 11.3. The Kier molecular flexibility index (Phi) is 4.42. The van der Waals surface area contributed by atoms with Gasteiger partial charge in [-0.3, -0.25) is 0 Å². The summed E-state index contributed by atoms with van der Waals surface area (Å²) >= 11 is 13.1. The van der Waals surface area contributed by atoms with Gasteiger partial charge >= 0.3 is 0 Å². The van der Waals surface area contributed by atoms with Gasteiger partial charge in [0, 0.05) is 15.5 Å². The smallest absolute Gasteiger partial charge is 0.163 e. The van der Waals surface area contributed by atoms with Crippen LogP contribution >= 0.6 is 43.5 Å². The molecule has 0 amide bonds. The predicted molar refractivity (Wildman–Crippen MR) is 91.0 cm³/mol. The molecule has 0 spiro atoms. The number of aromatic nitrogens is 2. The van der Waals surface area contributed by atoms with Crippen LogP contribution in [0.25, 0.3) is 11.4 Å². The molecule has 0 fully saturated rings. The zero-order chi connectivity index (χ0) is 15.1. The lowest BCUT2D eigenvalue weighted by Gasteiger charge is -2.21. The molecule has 0 radical (unpaired) electrons. The molecule has 0 aliphatic carbocycles. The number of benzene rings is 1. The van der Waals surface area contributed by atoms with E-state index in [2.05, 4.69) is 62.6 Å². The van der Waals surface area contributed by atoms with Crippen LogP contribution in [0, 0.1) is 0 Å². The van der Waals surface area contributed by atoms with Gasteiger partial charge in [-0.15, -0.1) is 0 Å². The molecule has 2 aromatic rings. The summed E-state index contributed by atoms with van der Waals surface area (Å²) in [6.45, 7) is 6.23. The van der Waals surface area contributed by atoms with Crippen LogP contribution in [0.5, 0.6) is 0 Å². The first kappa shape index (κ1) is 15.7. The Hall–Kier alpha value is -0.650. The number of nitrogens with two attached hydrogens (primary N) is 1. The van der Waals surface area contributed by atoms with Crippen LogP contribution in [0.3, 0.4) is 0 Å². The Morgan fingerprint density at radius 1 is 1.15 bits per heavy atom. The van der Waals surface area contributed by atoms with E-state index < -0.39 is 0 Å². The van der Waals surface area contributed by atoms with E-state index in [0.717, 1.165) is 20.2 Å². The Balaban J connectivity index is 2.70. The van der Waals surface area contributed by atoms with Crippen LogP contribution in [0.4, 0.5) is 5.82 Å². The third-order valence-electron chi connectivity index (χ3n) is 2.76. The third-order valence-corrected chi connectivity index (χ3v) is 4.36. The van der Waals surface area contributed by atoms with E-state index >= 15 is 0 Å². The fraction of sp³-hybridized carbons (Fsp3) is 0.286. The van der Waals surface area contributed by atoms with Gasteiger partial charge in [0.05, 0.1) is 15.2 Å². The van der Waals surface area contributed by atoms with Crippen LogP contribution in [-0.4, -0.2) is 9.97 Å². The molecule has 1 heterocycles. The van der Waals surface area contributed by atoms with Crippen molar-refractivity contribution in [1.29, 1.82) is 0 Å². The van der Waals surface area contributed by atoms with E-state index in [1.807, 2.05) is 12.1 Å². The molecule has 6 heteroatoms. The second kappa shape index (κ2) is 5.62. The largest absolute Gasteiger partial charge is 0.383 e. The molecule has 0 saturated carbocycles. The summed E-state index contributed by atoms with van der Waals surface area (Å²) in [7, 11) is 0. The van der Waals surface area contributed by atoms with Gasteiger partial charge in [-0.05, 0) is 34.1 Å². The van der Waals surface area contributed by atoms with E-state index in [9.17, 15) is 0 Å². The van der Waals surface area contributed by atoms with Crippen molar-refractivity contribution in [3.8, 4) is 11.4 Å². The van der Waals surface area contributed by atoms with Crippen molar-refractivity contribution in [2.45, 2.75) is 26.2 Å². The van der Waals surface area contributed by atoms with E-state index in [1.165, 1.54) is 0 Å². The molecule has 1 aromatic carbocycles. The Morgan fingerprint density at radius 3 is 2.40 bits per heavy atom. The van der Waals surface area contributed by atoms with Gasteiger partial charge in [-0.25, -0.2) is 9.97 Å². The highest BCUT2D eigenvalue weighted by molar-refractivity contribution is 9.11. The normalized spacial score (nSPS) is 11.7. The van der Waals surface area contributed by atoms with Gasteiger partial charge in [0.15, 0.2) is 5.82 Å². The number of halogens is 3. The lowest BCUT2D eigenvalue weighted by Crippen LogP contribution is -2.17. The van der Waals surface area contributed by atoms with Crippen LogP contribution in [0.2, 0.25) is 5.02 Å². The highest BCUT2D eigenvalue weighted by atomic mass is 79.9. The Labute approximate surface area is 140 Å². The first-order chi connectivity index (χ1) is 9.20. The average Bonchev–Trinajstić information content (AvgIpc) is 2.34. The predicted octanol–water partition coefficient (Wildman–Crippen LogP) is 5.20. The van der Waals surface area contributed by atoms with E-state index in [0.29, 0.717) is 16.7 Å². The molecule has 3 nitrogen and oxygen atoms in total. The SMILES string of the molecule is CC(C)(C)c1nc(-c2cc(Br)ccc2Cl)nc(N)c1Br. The average molecular weight is 420 g/mol. The van der Waals surface area contributed by atoms with Crippen molar-refractivity contribution in [3.05, 3.63) is 37.9 Å². The highest BCUT2D eigenvalue weighted by Crippen LogP contribution is 2.35. The fourth-order valence-electron chi connectivity index (χ4n) is 1.75. The van der Waals surface area contributed by atoms with Gasteiger partial charge in [0.25, 0.3) is 0 Å². The number of hydrogen-bond acceptors (Lipinski definition) is 3. The van der Waals surface area contributed by atoms with Gasteiger partial charge < -0.3 is 5.73 Å². The maximum atomic E-state index is 6.24. The number of nitrogens with zero attached hydrogens (tertiary/aromatic N) is 2. The van der Waals surface area contributed by atoms with Gasteiger partial charge in [0.1, 0.15) is 5.82 Å². The van der Waals surface area contributed by atoms with Crippen LogP contribution in [0.1, 0.15) is 26.5 Å². The summed E-state index contributed by atoms with van der Waals surface area (Å²) in [6.07, 6.45) is 0. The van der Waals surface area contributed by atoms with Gasteiger partial charge in [-0.2, -0.15) is 0 Å². The second-order valence-corrected chi connectivity index (χ2v) is 7.59. The van der Waals surface area contributed by atoms with Crippen molar-refractivity contribution in [2.24, 2.45) is 0 Å². The fourth-order valence-corrected chi connectivity index (χ4v) is 3.09. The molecule has 0 atom stereocenters. The summed E-state index contributed by atoms with van der Waals surface area (Å²) in [5.41, 5.74) is 7.45. The first-order valence-corrected chi connectivity index (χ1v) is 7.95. The quantitative estimate of drug-likeness (QED) is 0.691. The van der Waals surface area contributed by atoms with Crippen molar-refractivity contribution >= 4 is 49.3 Å². The monoisotopic (exact) mass is 417 g/mol. The molecule has 0 saturated heterocycles.